The number of sulfone groups is 1. The summed E-state index contributed by atoms with van der Waals surface area (Å²) < 4.78 is 23.4. The number of rotatable bonds is 4. The summed E-state index contributed by atoms with van der Waals surface area (Å²) >= 11 is 0. The minimum absolute atomic E-state index is 0.0515. The van der Waals surface area contributed by atoms with E-state index >= 15 is 0 Å². The number of amides is 2. The largest absolute Gasteiger partial charge is 0.333 e. The van der Waals surface area contributed by atoms with E-state index in [0.29, 0.717) is 12.1 Å². The van der Waals surface area contributed by atoms with Crippen molar-refractivity contribution in [3.63, 3.8) is 0 Å². The molecule has 1 saturated heterocycles. The fourth-order valence-electron chi connectivity index (χ4n) is 3.17. The maximum Gasteiger partial charge on any atom is 0.316 e. The number of likely N-dealkylation sites (N-methyl/N-ethyl adjacent to an activating group) is 1. The van der Waals surface area contributed by atoms with E-state index in [1.807, 2.05) is 36.4 Å². The Hall–Kier alpha value is -2.67. The second-order valence-corrected chi connectivity index (χ2v) is 8.91. The molecule has 1 fully saturated rings. The lowest BCUT2D eigenvalue weighted by atomic mass is 10.1. The predicted molar refractivity (Wildman–Crippen MR) is 104 cm³/mol. The molecule has 0 aliphatic carbocycles. The lowest BCUT2D eigenvalue weighted by Crippen LogP contribution is -2.47. The SMILES string of the molecule is CN(C(=O)C(=O)N(Cc1ccccc1)c1ccccc1)C1CCS(=O)(=O)C1. The Morgan fingerprint density at radius 3 is 2.11 bits per heavy atom. The van der Waals surface area contributed by atoms with E-state index in [1.165, 1.54) is 16.8 Å². The summed E-state index contributed by atoms with van der Waals surface area (Å²) in [7, 11) is -1.64. The van der Waals surface area contributed by atoms with Gasteiger partial charge in [0, 0.05) is 18.8 Å². The second kappa shape index (κ2) is 7.92. The van der Waals surface area contributed by atoms with Crippen LogP contribution in [-0.4, -0.2) is 49.7 Å². The molecule has 142 valence electrons. The van der Waals surface area contributed by atoms with Gasteiger partial charge in [-0.1, -0.05) is 48.5 Å². The Morgan fingerprint density at radius 1 is 0.963 bits per heavy atom. The van der Waals surface area contributed by atoms with E-state index < -0.39 is 27.7 Å². The second-order valence-electron chi connectivity index (χ2n) is 6.69. The van der Waals surface area contributed by atoms with Crippen molar-refractivity contribution in [2.24, 2.45) is 0 Å². The van der Waals surface area contributed by atoms with Crippen LogP contribution in [0.1, 0.15) is 12.0 Å². The van der Waals surface area contributed by atoms with E-state index in [9.17, 15) is 18.0 Å². The number of hydrogen-bond donors (Lipinski definition) is 0. The Bertz CT molecular complexity index is 914. The van der Waals surface area contributed by atoms with Crippen molar-refractivity contribution in [2.75, 3.05) is 23.5 Å². The zero-order valence-corrected chi connectivity index (χ0v) is 15.9. The molecular weight excluding hydrogens is 364 g/mol. The van der Waals surface area contributed by atoms with Gasteiger partial charge in [-0.2, -0.15) is 0 Å². The van der Waals surface area contributed by atoms with Crippen LogP contribution in [0.2, 0.25) is 0 Å². The van der Waals surface area contributed by atoms with Gasteiger partial charge in [-0.25, -0.2) is 8.42 Å². The molecule has 2 aromatic rings. The van der Waals surface area contributed by atoms with E-state index in [0.717, 1.165) is 5.56 Å². The smallest absolute Gasteiger partial charge is 0.316 e. The maximum absolute atomic E-state index is 13.0. The zero-order valence-electron chi connectivity index (χ0n) is 15.1. The first-order valence-corrected chi connectivity index (χ1v) is 10.6. The number of carbonyl (C=O) groups excluding carboxylic acids is 2. The monoisotopic (exact) mass is 386 g/mol. The molecule has 2 amide bonds. The highest BCUT2D eigenvalue weighted by molar-refractivity contribution is 7.91. The normalized spacial score (nSPS) is 18.0. The number of nitrogens with zero attached hydrogens (tertiary/aromatic N) is 2. The van der Waals surface area contributed by atoms with Crippen LogP contribution < -0.4 is 4.90 Å². The molecule has 0 spiro atoms. The topological polar surface area (TPSA) is 74.8 Å². The summed E-state index contributed by atoms with van der Waals surface area (Å²) in [5.74, 6) is -1.41. The number of benzene rings is 2. The average Bonchev–Trinajstić information content (AvgIpc) is 3.05. The standard InChI is InChI=1S/C20H22N2O4S/c1-21(18-12-13-27(25,26)15-18)19(23)20(24)22(17-10-6-3-7-11-17)14-16-8-4-2-5-9-16/h2-11,18H,12-15H2,1H3. The molecular formula is C20H22N2O4S. The van der Waals surface area contributed by atoms with Gasteiger partial charge in [0.25, 0.3) is 0 Å². The number of para-hydroxylation sites is 1. The van der Waals surface area contributed by atoms with Crippen LogP contribution in [0.15, 0.2) is 60.7 Å². The van der Waals surface area contributed by atoms with Crippen LogP contribution in [0.25, 0.3) is 0 Å². The molecule has 1 atom stereocenters. The Kier molecular flexibility index (Phi) is 5.60. The van der Waals surface area contributed by atoms with Gasteiger partial charge in [0.05, 0.1) is 18.1 Å². The van der Waals surface area contributed by atoms with Crippen LogP contribution in [0.5, 0.6) is 0 Å². The molecule has 0 aromatic heterocycles. The van der Waals surface area contributed by atoms with Crippen molar-refractivity contribution in [2.45, 2.75) is 19.0 Å². The van der Waals surface area contributed by atoms with Crippen molar-refractivity contribution in [1.82, 2.24) is 4.90 Å². The summed E-state index contributed by atoms with van der Waals surface area (Å²) in [5, 5.41) is 0. The van der Waals surface area contributed by atoms with Gasteiger partial charge < -0.3 is 4.90 Å². The predicted octanol–water partition coefficient (Wildman–Crippen LogP) is 1.87. The third-order valence-electron chi connectivity index (χ3n) is 4.76. The fraction of sp³-hybridized carbons (Fsp3) is 0.300. The molecule has 7 heteroatoms. The summed E-state index contributed by atoms with van der Waals surface area (Å²) in [4.78, 5) is 28.5. The van der Waals surface area contributed by atoms with Crippen LogP contribution in [0, 0.1) is 0 Å². The fourth-order valence-corrected chi connectivity index (χ4v) is 4.94. The molecule has 27 heavy (non-hydrogen) atoms. The zero-order chi connectivity index (χ0) is 19.4. The Balaban J connectivity index is 1.83. The lowest BCUT2D eigenvalue weighted by molar-refractivity contribution is -0.144. The maximum atomic E-state index is 13.0. The molecule has 0 saturated carbocycles. The van der Waals surface area contributed by atoms with Crippen molar-refractivity contribution < 1.29 is 18.0 Å². The number of hydrogen-bond acceptors (Lipinski definition) is 4. The van der Waals surface area contributed by atoms with Crippen molar-refractivity contribution in [1.29, 1.82) is 0 Å². The van der Waals surface area contributed by atoms with Crippen LogP contribution >= 0.6 is 0 Å². The van der Waals surface area contributed by atoms with Gasteiger partial charge in [-0.15, -0.1) is 0 Å². The Morgan fingerprint density at radius 2 is 1.56 bits per heavy atom. The molecule has 1 heterocycles. The van der Waals surface area contributed by atoms with Gasteiger partial charge in [-0.3, -0.25) is 14.5 Å². The van der Waals surface area contributed by atoms with Gasteiger partial charge in [-0.05, 0) is 24.1 Å². The van der Waals surface area contributed by atoms with Gasteiger partial charge in [0.15, 0.2) is 9.84 Å². The molecule has 1 unspecified atom stereocenters. The van der Waals surface area contributed by atoms with Gasteiger partial charge in [0.2, 0.25) is 0 Å². The molecule has 1 aliphatic rings. The third kappa shape index (κ3) is 4.54. The quantitative estimate of drug-likeness (QED) is 0.752. The highest BCUT2D eigenvalue weighted by Crippen LogP contribution is 2.20. The van der Waals surface area contributed by atoms with Crippen LogP contribution in [0.4, 0.5) is 5.69 Å². The van der Waals surface area contributed by atoms with E-state index in [2.05, 4.69) is 0 Å². The number of anilines is 1. The first kappa shape index (κ1) is 19.1. The average molecular weight is 386 g/mol. The molecule has 6 nitrogen and oxygen atoms in total. The van der Waals surface area contributed by atoms with E-state index in [-0.39, 0.29) is 18.1 Å². The van der Waals surface area contributed by atoms with Gasteiger partial charge >= 0.3 is 11.8 Å². The van der Waals surface area contributed by atoms with Crippen molar-refractivity contribution in [3.8, 4) is 0 Å². The van der Waals surface area contributed by atoms with Crippen molar-refractivity contribution >= 4 is 27.3 Å². The molecule has 2 aromatic carbocycles. The van der Waals surface area contributed by atoms with Crippen LogP contribution in [-0.2, 0) is 26.0 Å². The van der Waals surface area contributed by atoms with Crippen molar-refractivity contribution in [3.05, 3.63) is 66.2 Å². The molecule has 0 N–H and O–H groups in total. The third-order valence-corrected chi connectivity index (χ3v) is 6.51. The molecule has 1 aliphatic heterocycles. The molecule has 0 bridgehead atoms. The molecule has 0 radical (unpaired) electrons. The summed E-state index contributed by atoms with van der Waals surface area (Å²) in [6, 6.07) is 18.0. The summed E-state index contributed by atoms with van der Waals surface area (Å²) in [6.07, 6.45) is 0.363. The van der Waals surface area contributed by atoms with Gasteiger partial charge in [0.1, 0.15) is 0 Å². The highest BCUT2D eigenvalue weighted by Gasteiger charge is 2.36. The minimum atomic E-state index is -3.14. The van der Waals surface area contributed by atoms with E-state index in [1.54, 1.807) is 24.3 Å². The first-order chi connectivity index (χ1) is 12.9. The highest BCUT2D eigenvalue weighted by atomic mass is 32.2. The lowest BCUT2D eigenvalue weighted by Gasteiger charge is -2.27. The minimum Gasteiger partial charge on any atom is -0.333 e. The summed E-state index contributed by atoms with van der Waals surface area (Å²) in [5.41, 5.74) is 1.51. The molecule has 3 rings (SSSR count). The summed E-state index contributed by atoms with van der Waals surface area (Å²) in [6.45, 7) is 0.256. The Labute approximate surface area is 159 Å². The van der Waals surface area contributed by atoms with E-state index in [4.69, 9.17) is 0 Å². The van der Waals surface area contributed by atoms with Crippen LogP contribution in [0.3, 0.4) is 0 Å². The first-order valence-electron chi connectivity index (χ1n) is 8.75. The number of carbonyl (C=O) groups is 2.